The number of hydrogen-bond acceptors (Lipinski definition) is 5. The summed E-state index contributed by atoms with van der Waals surface area (Å²) in [5.74, 6) is 0. The van der Waals surface area contributed by atoms with Crippen molar-refractivity contribution in [2.24, 2.45) is 0 Å². The monoisotopic (exact) mass is 240 g/mol. The van der Waals surface area contributed by atoms with Crippen molar-refractivity contribution in [1.82, 2.24) is 5.32 Å². The number of nitrogens with one attached hydrogen (secondary N) is 1. The second-order valence-corrected chi connectivity index (χ2v) is 3.42. The van der Waals surface area contributed by atoms with E-state index in [9.17, 15) is 10.1 Å². The van der Waals surface area contributed by atoms with E-state index >= 15 is 0 Å². The average molecular weight is 240 g/mol. The number of nitrogens with zero attached hydrogens (tertiary/aromatic N) is 1. The van der Waals surface area contributed by atoms with Crippen molar-refractivity contribution in [2.45, 2.75) is 12.8 Å². The van der Waals surface area contributed by atoms with Crippen LogP contribution in [0.25, 0.3) is 0 Å². The van der Waals surface area contributed by atoms with E-state index in [1.165, 1.54) is 6.07 Å². The lowest BCUT2D eigenvalue weighted by molar-refractivity contribution is -0.385. The molecule has 0 atom stereocenters. The fourth-order valence-corrected chi connectivity index (χ4v) is 1.43. The van der Waals surface area contributed by atoms with Gasteiger partial charge in [0.1, 0.15) is 0 Å². The number of para-hydroxylation sites is 1. The van der Waals surface area contributed by atoms with Crippen LogP contribution in [0, 0.1) is 10.1 Å². The van der Waals surface area contributed by atoms with E-state index in [0.29, 0.717) is 18.7 Å². The molecule has 0 spiro atoms. The number of rotatable bonds is 7. The average Bonchev–Trinajstić information content (AvgIpc) is 2.35. The smallest absolute Gasteiger partial charge is 0.273 e. The van der Waals surface area contributed by atoms with Crippen molar-refractivity contribution in [1.29, 1.82) is 0 Å². The summed E-state index contributed by atoms with van der Waals surface area (Å²) in [7, 11) is 3.08. The molecule has 0 unspecified atom stereocenters. The van der Waals surface area contributed by atoms with Crippen LogP contribution in [-0.2, 0) is 16.0 Å². The highest BCUT2D eigenvalue weighted by Gasteiger charge is 2.12. The van der Waals surface area contributed by atoms with Crippen LogP contribution < -0.4 is 5.32 Å². The van der Waals surface area contributed by atoms with Gasteiger partial charge in [-0.15, -0.1) is 0 Å². The van der Waals surface area contributed by atoms with Crippen LogP contribution in [0.1, 0.15) is 5.56 Å². The second-order valence-electron chi connectivity index (χ2n) is 3.42. The largest absolute Gasteiger partial charge is 0.355 e. The molecule has 0 aromatic heterocycles. The molecule has 0 radical (unpaired) electrons. The van der Waals surface area contributed by atoms with E-state index in [0.717, 1.165) is 0 Å². The SMILES string of the molecule is COC(CNCc1ccccc1[N+](=O)[O-])OC. The summed E-state index contributed by atoms with van der Waals surface area (Å²) < 4.78 is 9.99. The maximum absolute atomic E-state index is 10.8. The van der Waals surface area contributed by atoms with E-state index in [2.05, 4.69) is 5.32 Å². The Morgan fingerprint density at radius 3 is 2.59 bits per heavy atom. The van der Waals surface area contributed by atoms with Crippen molar-refractivity contribution < 1.29 is 14.4 Å². The zero-order chi connectivity index (χ0) is 12.7. The Labute approximate surface area is 99.7 Å². The quantitative estimate of drug-likeness (QED) is 0.442. The van der Waals surface area contributed by atoms with Gasteiger partial charge in [0.15, 0.2) is 6.29 Å². The third kappa shape index (κ3) is 4.10. The first-order valence-corrected chi connectivity index (χ1v) is 5.17. The van der Waals surface area contributed by atoms with E-state index in [1.807, 2.05) is 0 Å². The van der Waals surface area contributed by atoms with E-state index in [-0.39, 0.29) is 16.9 Å². The van der Waals surface area contributed by atoms with Gasteiger partial charge >= 0.3 is 0 Å². The highest BCUT2D eigenvalue weighted by molar-refractivity contribution is 5.39. The summed E-state index contributed by atoms with van der Waals surface area (Å²) in [6, 6.07) is 6.63. The van der Waals surface area contributed by atoms with Gasteiger partial charge in [-0.05, 0) is 0 Å². The summed E-state index contributed by atoms with van der Waals surface area (Å²) in [4.78, 5) is 10.4. The maximum atomic E-state index is 10.8. The fraction of sp³-hybridized carbons (Fsp3) is 0.455. The summed E-state index contributed by atoms with van der Waals surface area (Å²) in [6.45, 7) is 0.874. The molecule has 6 heteroatoms. The number of hydrogen-bond donors (Lipinski definition) is 1. The first-order valence-electron chi connectivity index (χ1n) is 5.17. The number of nitro groups is 1. The molecule has 1 aromatic carbocycles. The Hall–Kier alpha value is -1.50. The number of ether oxygens (including phenoxy) is 2. The van der Waals surface area contributed by atoms with Gasteiger partial charge in [0.2, 0.25) is 0 Å². The van der Waals surface area contributed by atoms with Gasteiger partial charge in [-0.25, -0.2) is 0 Å². The second kappa shape index (κ2) is 6.95. The minimum atomic E-state index is -0.388. The molecule has 0 bridgehead atoms. The first-order chi connectivity index (χ1) is 8.19. The number of methoxy groups -OCH3 is 2. The van der Waals surface area contributed by atoms with Gasteiger partial charge in [-0.2, -0.15) is 0 Å². The molecule has 0 saturated carbocycles. The molecule has 0 amide bonds. The highest BCUT2D eigenvalue weighted by Crippen LogP contribution is 2.16. The van der Waals surface area contributed by atoms with Gasteiger partial charge in [-0.3, -0.25) is 10.1 Å². The molecular weight excluding hydrogens is 224 g/mol. The predicted octanol–water partition coefficient (Wildman–Crippen LogP) is 1.30. The molecule has 0 heterocycles. The topological polar surface area (TPSA) is 73.6 Å². The molecule has 17 heavy (non-hydrogen) atoms. The van der Waals surface area contributed by atoms with Crippen LogP contribution in [0.5, 0.6) is 0 Å². The maximum Gasteiger partial charge on any atom is 0.273 e. The number of benzene rings is 1. The standard InChI is InChI=1S/C11H16N2O4/c1-16-11(17-2)8-12-7-9-5-3-4-6-10(9)13(14)15/h3-6,11-12H,7-8H2,1-2H3. The summed E-state index contributed by atoms with van der Waals surface area (Å²) in [5, 5.41) is 13.8. The zero-order valence-electron chi connectivity index (χ0n) is 9.88. The van der Waals surface area contributed by atoms with Gasteiger partial charge < -0.3 is 14.8 Å². The normalized spacial score (nSPS) is 10.8. The van der Waals surface area contributed by atoms with Crippen molar-refractivity contribution >= 4 is 5.69 Å². The minimum absolute atomic E-state index is 0.117. The Kier molecular flexibility index (Phi) is 5.55. The summed E-state index contributed by atoms with van der Waals surface area (Å²) >= 11 is 0. The fourth-order valence-electron chi connectivity index (χ4n) is 1.43. The zero-order valence-corrected chi connectivity index (χ0v) is 9.88. The highest BCUT2D eigenvalue weighted by atomic mass is 16.7. The molecule has 94 valence electrons. The molecule has 6 nitrogen and oxygen atoms in total. The Morgan fingerprint density at radius 2 is 2.00 bits per heavy atom. The molecule has 1 rings (SSSR count). The predicted molar refractivity (Wildman–Crippen MR) is 62.6 cm³/mol. The van der Waals surface area contributed by atoms with Crippen LogP contribution in [0.15, 0.2) is 24.3 Å². The lowest BCUT2D eigenvalue weighted by Gasteiger charge is -2.13. The van der Waals surface area contributed by atoms with Gasteiger partial charge in [0.25, 0.3) is 5.69 Å². The van der Waals surface area contributed by atoms with E-state index in [1.54, 1.807) is 32.4 Å². The van der Waals surface area contributed by atoms with Crippen molar-refractivity contribution in [3.05, 3.63) is 39.9 Å². The molecule has 0 aliphatic heterocycles. The third-order valence-electron chi connectivity index (χ3n) is 2.34. The Morgan fingerprint density at radius 1 is 1.35 bits per heavy atom. The van der Waals surface area contributed by atoms with Crippen LogP contribution in [-0.4, -0.2) is 32.0 Å². The molecular formula is C11H16N2O4. The van der Waals surface area contributed by atoms with Crippen molar-refractivity contribution in [3.8, 4) is 0 Å². The molecule has 1 N–H and O–H groups in total. The molecule has 1 aromatic rings. The minimum Gasteiger partial charge on any atom is -0.355 e. The van der Waals surface area contributed by atoms with Gasteiger partial charge in [0.05, 0.1) is 4.92 Å². The molecule has 0 aliphatic rings. The Balaban J connectivity index is 2.54. The van der Waals surface area contributed by atoms with Crippen molar-refractivity contribution in [2.75, 3.05) is 20.8 Å². The van der Waals surface area contributed by atoms with Crippen LogP contribution >= 0.6 is 0 Å². The van der Waals surface area contributed by atoms with Crippen LogP contribution in [0.2, 0.25) is 0 Å². The van der Waals surface area contributed by atoms with Crippen LogP contribution in [0.4, 0.5) is 5.69 Å². The van der Waals surface area contributed by atoms with Crippen molar-refractivity contribution in [3.63, 3.8) is 0 Å². The first kappa shape index (κ1) is 13.6. The lowest BCUT2D eigenvalue weighted by atomic mass is 10.2. The number of nitro benzene ring substituents is 1. The van der Waals surface area contributed by atoms with Crippen LogP contribution in [0.3, 0.4) is 0 Å². The lowest BCUT2D eigenvalue weighted by Crippen LogP contribution is -2.29. The Bertz CT molecular complexity index is 366. The van der Waals surface area contributed by atoms with E-state index in [4.69, 9.17) is 9.47 Å². The van der Waals surface area contributed by atoms with Gasteiger partial charge in [-0.1, -0.05) is 18.2 Å². The third-order valence-corrected chi connectivity index (χ3v) is 2.34. The van der Waals surface area contributed by atoms with E-state index < -0.39 is 0 Å². The molecule has 0 aliphatic carbocycles. The van der Waals surface area contributed by atoms with Gasteiger partial charge in [0, 0.05) is 38.9 Å². The summed E-state index contributed by atoms with van der Waals surface area (Å²) in [6.07, 6.45) is -0.349. The molecule has 0 fully saturated rings. The summed E-state index contributed by atoms with van der Waals surface area (Å²) in [5.41, 5.74) is 0.759. The molecule has 0 saturated heterocycles.